The highest BCUT2D eigenvalue weighted by Gasteiger charge is 2.07. The zero-order chi connectivity index (χ0) is 11.3. The van der Waals surface area contributed by atoms with Crippen LogP contribution < -0.4 is 0 Å². The van der Waals surface area contributed by atoms with Crippen LogP contribution in [0.5, 0.6) is 5.75 Å². The first-order valence-corrected chi connectivity index (χ1v) is 5.05. The van der Waals surface area contributed by atoms with Crippen LogP contribution in [0.1, 0.15) is 30.6 Å². The van der Waals surface area contributed by atoms with Crippen molar-refractivity contribution in [2.45, 2.75) is 20.3 Å². The number of carbonyl (C=O) groups excluding carboxylic acids is 1. The molecule has 0 saturated carbocycles. The van der Waals surface area contributed by atoms with Crippen LogP contribution in [0.4, 0.5) is 0 Å². The molecule has 0 saturated heterocycles. The molecule has 0 bridgehead atoms. The van der Waals surface area contributed by atoms with Crippen molar-refractivity contribution in [3.8, 4) is 5.75 Å². The molecule has 0 aliphatic rings. The molecule has 1 rings (SSSR count). The first-order valence-electron chi connectivity index (χ1n) is 5.05. The zero-order valence-corrected chi connectivity index (χ0v) is 9.06. The van der Waals surface area contributed by atoms with E-state index < -0.39 is 0 Å². The summed E-state index contributed by atoms with van der Waals surface area (Å²) < 4.78 is 5.04. The maximum Gasteiger partial charge on any atom is 0.338 e. The average Bonchev–Trinajstić information content (AvgIpc) is 2.17. The van der Waals surface area contributed by atoms with E-state index >= 15 is 0 Å². The molecule has 0 fully saturated rings. The van der Waals surface area contributed by atoms with Gasteiger partial charge in [-0.15, -0.1) is 0 Å². The average molecular weight is 208 g/mol. The normalized spacial score (nSPS) is 10.3. The Balaban J connectivity index is 2.47. The van der Waals surface area contributed by atoms with Crippen LogP contribution in [-0.2, 0) is 4.74 Å². The summed E-state index contributed by atoms with van der Waals surface area (Å²) in [5.41, 5.74) is 0.388. The number of phenols is 1. The molecule has 0 amide bonds. The van der Waals surface area contributed by atoms with Gasteiger partial charge in [-0.05, 0) is 30.5 Å². The van der Waals surface area contributed by atoms with Crippen LogP contribution in [0.2, 0.25) is 0 Å². The number of hydrogen-bond acceptors (Lipinski definition) is 3. The van der Waals surface area contributed by atoms with Crippen molar-refractivity contribution in [3.63, 3.8) is 0 Å². The van der Waals surface area contributed by atoms with Crippen molar-refractivity contribution < 1.29 is 14.6 Å². The van der Waals surface area contributed by atoms with Gasteiger partial charge in [0.2, 0.25) is 0 Å². The van der Waals surface area contributed by atoms with Crippen LogP contribution in [0.3, 0.4) is 0 Å². The summed E-state index contributed by atoms with van der Waals surface area (Å²) in [6.07, 6.45) is 0.852. The molecule has 1 N–H and O–H groups in total. The van der Waals surface area contributed by atoms with Crippen molar-refractivity contribution in [2.75, 3.05) is 6.61 Å². The van der Waals surface area contributed by atoms with Crippen LogP contribution in [0.25, 0.3) is 0 Å². The Labute approximate surface area is 89.7 Å². The quantitative estimate of drug-likeness (QED) is 0.773. The maximum absolute atomic E-state index is 11.4. The van der Waals surface area contributed by atoms with Crippen molar-refractivity contribution in [3.05, 3.63) is 29.8 Å². The largest absolute Gasteiger partial charge is 0.508 e. The number of benzene rings is 1. The molecule has 3 heteroatoms. The van der Waals surface area contributed by atoms with Crippen LogP contribution in [0.15, 0.2) is 24.3 Å². The van der Waals surface area contributed by atoms with E-state index in [9.17, 15) is 4.79 Å². The van der Waals surface area contributed by atoms with Gasteiger partial charge in [-0.1, -0.05) is 19.9 Å². The third-order valence-electron chi connectivity index (χ3n) is 2.01. The lowest BCUT2D eigenvalue weighted by Crippen LogP contribution is -2.07. The number of carbonyl (C=O) groups is 1. The second-order valence-electron chi connectivity index (χ2n) is 3.87. The molecular weight excluding hydrogens is 192 g/mol. The van der Waals surface area contributed by atoms with Crippen molar-refractivity contribution >= 4 is 5.97 Å². The van der Waals surface area contributed by atoms with E-state index in [1.165, 1.54) is 12.1 Å². The van der Waals surface area contributed by atoms with Crippen molar-refractivity contribution in [1.82, 2.24) is 0 Å². The molecule has 0 spiro atoms. The van der Waals surface area contributed by atoms with Crippen LogP contribution in [-0.4, -0.2) is 17.7 Å². The lowest BCUT2D eigenvalue weighted by Gasteiger charge is -2.06. The molecule has 1 aromatic rings. The van der Waals surface area contributed by atoms with Crippen molar-refractivity contribution in [1.29, 1.82) is 0 Å². The number of rotatable bonds is 4. The van der Waals surface area contributed by atoms with Crippen LogP contribution >= 0.6 is 0 Å². The lowest BCUT2D eigenvalue weighted by atomic mass is 10.1. The van der Waals surface area contributed by atoms with E-state index in [2.05, 4.69) is 13.8 Å². The summed E-state index contributed by atoms with van der Waals surface area (Å²) in [4.78, 5) is 11.4. The van der Waals surface area contributed by atoms with Crippen LogP contribution in [0, 0.1) is 5.92 Å². The number of phenolic OH excluding ortho intramolecular Hbond substituents is 1. The summed E-state index contributed by atoms with van der Waals surface area (Å²) in [6, 6.07) is 6.16. The molecule has 0 radical (unpaired) electrons. The number of hydrogen-bond donors (Lipinski definition) is 1. The first-order chi connectivity index (χ1) is 7.09. The van der Waals surface area contributed by atoms with Gasteiger partial charge in [0, 0.05) is 0 Å². The summed E-state index contributed by atoms with van der Waals surface area (Å²) in [5.74, 6) is 0.210. The summed E-state index contributed by atoms with van der Waals surface area (Å²) in [6.45, 7) is 4.57. The topological polar surface area (TPSA) is 46.5 Å². The Kier molecular flexibility index (Phi) is 4.16. The third-order valence-corrected chi connectivity index (χ3v) is 2.01. The molecule has 0 aliphatic carbocycles. The highest BCUT2D eigenvalue weighted by Crippen LogP contribution is 2.12. The molecule has 0 heterocycles. The molecule has 0 atom stereocenters. The summed E-state index contributed by atoms with van der Waals surface area (Å²) in [5, 5.41) is 9.17. The molecule has 15 heavy (non-hydrogen) atoms. The van der Waals surface area contributed by atoms with Gasteiger partial charge in [-0.2, -0.15) is 0 Å². The Bertz CT molecular complexity index is 331. The Morgan fingerprint density at radius 3 is 2.80 bits per heavy atom. The van der Waals surface area contributed by atoms with E-state index in [4.69, 9.17) is 9.84 Å². The lowest BCUT2D eigenvalue weighted by molar-refractivity contribution is 0.0487. The minimum atomic E-state index is -0.383. The standard InChI is InChI=1S/C12H16O3/c1-9(2)6-7-15-12(14)10-4-3-5-11(13)8-10/h3-5,8-9,13H,6-7H2,1-2H3. The Hall–Kier alpha value is -1.51. The molecule has 1 aromatic carbocycles. The highest BCUT2D eigenvalue weighted by molar-refractivity contribution is 5.89. The third kappa shape index (κ3) is 4.02. The smallest absolute Gasteiger partial charge is 0.338 e. The number of esters is 1. The Morgan fingerprint density at radius 1 is 1.47 bits per heavy atom. The van der Waals surface area contributed by atoms with Crippen molar-refractivity contribution in [2.24, 2.45) is 5.92 Å². The summed E-state index contributed by atoms with van der Waals surface area (Å²) >= 11 is 0. The minimum Gasteiger partial charge on any atom is -0.508 e. The monoisotopic (exact) mass is 208 g/mol. The van der Waals surface area contributed by atoms with Gasteiger partial charge < -0.3 is 9.84 Å². The molecule has 82 valence electrons. The van der Waals surface area contributed by atoms with E-state index in [0.717, 1.165) is 6.42 Å². The predicted octanol–water partition coefficient (Wildman–Crippen LogP) is 2.60. The van der Waals surface area contributed by atoms with Gasteiger partial charge in [0.1, 0.15) is 5.75 Å². The maximum atomic E-state index is 11.4. The van der Waals surface area contributed by atoms with Gasteiger partial charge in [0.25, 0.3) is 0 Å². The predicted molar refractivity (Wildman–Crippen MR) is 57.8 cm³/mol. The second-order valence-corrected chi connectivity index (χ2v) is 3.87. The summed E-state index contributed by atoms with van der Waals surface area (Å²) in [7, 11) is 0. The fraction of sp³-hybridized carbons (Fsp3) is 0.417. The number of aromatic hydroxyl groups is 1. The van der Waals surface area contributed by atoms with Gasteiger partial charge >= 0.3 is 5.97 Å². The van der Waals surface area contributed by atoms with E-state index in [-0.39, 0.29) is 11.7 Å². The first kappa shape index (κ1) is 11.6. The van der Waals surface area contributed by atoms with E-state index in [1.54, 1.807) is 12.1 Å². The van der Waals surface area contributed by atoms with Gasteiger partial charge in [-0.3, -0.25) is 0 Å². The fourth-order valence-corrected chi connectivity index (χ4v) is 1.10. The van der Waals surface area contributed by atoms with Gasteiger partial charge in [0.15, 0.2) is 0 Å². The SMILES string of the molecule is CC(C)CCOC(=O)c1cccc(O)c1. The molecule has 0 aromatic heterocycles. The highest BCUT2D eigenvalue weighted by atomic mass is 16.5. The molecule has 0 unspecified atom stereocenters. The van der Waals surface area contributed by atoms with Gasteiger partial charge in [-0.25, -0.2) is 4.79 Å². The minimum absolute atomic E-state index is 0.0771. The molecule has 3 nitrogen and oxygen atoms in total. The molecular formula is C12H16O3. The second kappa shape index (κ2) is 5.39. The fourth-order valence-electron chi connectivity index (χ4n) is 1.10. The zero-order valence-electron chi connectivity index (χ0n) is 9.06. The van der Waals surface area contributed by atoms with Gasteiger partial charge in [0.05, 0.1) is 12.2 Å². The molecule has 0 aliphatic heterocycles. The number of ether oxygens (including phenoxy) is 1. The Morgan fingerprint density at radius 2 is 2.20 bits per heavy atom. The van der Waals surface area contributed by atoms with E-state index in [0.29, 0.717) is 18.1 Å². The van der Waals surface area contributed by atoms with E-state index in [1.807, 2.05) is 0 Å².